The molecule has 0 radical (unpaired) electrons. The Bertz CT molecular complexity index is 977. The van der Waals surface area contributed by atoms with Gasteiger partial charge in [-0.3, -0.25) is 9.10 Å². The van der Waals surface area contributed by atoms with Gasteiger partial charge >= 0.3 is 5.97 Å². The van der Waals surface area contributed by atoms with E-state index in [0.29, 0.717) is 12.4 Å². The average molecular weight is 458 g/mol. The van der Waals surface area contributed by atoms with Gasteiger partial charge in [-0.25, -0.2) is 8.42 Å². The summed E-state index contributed by atoms with van der Waals surface area (Å²) < 4.78 is 48.6. The first-order chi connectivity index (χ1) is 14.3. The predicted octanol–water partition coefficient (Wildman–Crippen LogP) is 3.51. The van der Waals surface area contributed by atoms with Gasteiger partial charge in [0.25, 0.3) is 10.0 Å². The lowest BCUT2D eigenvalue weighted by Crippen LogP contribution is -2.37. The lowest BCUT2D eigenvalue weighted by Gasteiger charge is -2.26. The van der Waals surface area contributed by atoms with Crippen LogP contribution in [0.2, 0.25) is 5.02 Å². The summed E-state index contributed by atoms with van der Waals surface area (Å²) in [5.41, 5.74) is 0.0840. The van der Waals surface area contributed by atoms with E-state index in [1.54, 1.807) is 19.1 Å². The predicted molar refractivity (Wildman–Crippen MR) is 113 cm³/mol. The molecule has 0 spiro atoms. The van der Waals surface area contributed by atoms with Crippen molar-refractivity contribution in [3.8, 4) is 17.2 Å². The number of anilines is 1. The summed E-state index contributed by atoms with van der Waals surface area (Å²) in [6, 6.07) is 8.70. The lowest BCUT2D eigenvalue weighted by molar-refractivity contribution is -0.141. The Morgan fingerprint density at radius 3 is 2.17 bits per heavy atom. The number of nitrogens with zero attached hydrogens (tertiary/aromatic N) is 1. The molecule has 0 saturated carbocycles. The van der Waals surface area contributed by atoms with Crippen LogP contribution >= 0.6 is 11.6 Å². The van der Waals surface area contributed by atoms with Gasteiger partial charge in [0.05, 0.1) is 43.0 Å². The van der Waals surface area contributed by atoms with Gasteiger partial charge in [-0.15, -0.1) is 0 Å². The summed E-state index contributed by atoms with van der Waals surface area (Å²) in [6.45, 7) is 3.45. The topological polar surface area (TPSA) is 91.4 Å². The fourth-order valence-corrected chi connectivity index (χ4v) is 4.31. The first kappa shape index (κ1) is 23.6. The SMILES string of the molecule is CCOC(=O)CN(c1cc(OC)c(Cl)cc1OC)S(=O)(=O)c1ccc(OCC)cc1. The monoisotopic (exact) mass is 457 g/mol. The third-order valence-electron chi connectivity index (χ3n) is 4.02. The Morgan fingerprint density at radius 1 is 1.00 bits per heavy atom. The van der Waals surface area contributed by atoms with E-state index in [0.717, 1.165) is 4.31 Å². The second-order valence-electron chi connectivity index (χ2n) is 5.88. The molecule has 0 aromatic heterocycles. The van der Waals surface area contributed by atoms with E-state index in [1.807, 2.05) is 6.92 Å². The third kappa shape index (κ3) is 5.28. The second-order valence-corrected chi connectivity index (χ2v) is 8.15. The highest BCUT2D eigenvalue weighted by atomic mass is 35.5. The molecule has 0 unspecified atom stereocenters. The first-order valence-corrected chi connectivity index (χ1v) is 10.9. The van der Waals surface area contributed by atoms with Crippen LogP contribution < -0.4 is 18.5 Å². The van der Waals surface area contributed by atoms with E-state index in [4.69, 9.17) is 30.5 Å². The minimum absolute atomic E-state index is 0.0359. The van der Waals surface area contributed by atoms with Gasteiger partial charge in [-0.05, 0) is 38.1 Å². The summed E-state index contributed by atoms with van der Waals surface area (Å²) in [4.78, 5) is 12.2. The number of esters is 1. The quantitative estimate of drug-likeness (QED) is 0.504. The van der Waals surface area contributed by atoms with E-state index in [-0.39, 0.29) is 33.7 Å². The van der Waals surface area contributed by atoms with Crippen LogP contribution in [0, 0.1) is 0 Å². The molecule has 0 N–H and O–H groups in total. The van der Waals surface area contributed by atoms with Crippen LogP contribution in [-0.2, 0) is 19.6 Å². The lowest BCUT2D eigenvalue weighted by atomic mass is 10.2. The van der Waals surface area contributed by atoms with Crippen molar-refractivity contribution in [3.63, 3.8) is 0 Å². The van der Waals surface area contributed by atoms with Crippen LogP contribution in [0.1, 0.15) is 13.8 Å². The molecule has 0 aliphatic carbocycles. The Hall–Kier alpha value is -2.65. The van der Waals surface area contributed by atoms with E-state index in [2.05, 4.69) is 0 Å². The van der Waals surface area contributed by atoms with Gasteiger partial charge in [-0.1, -0.05) is 11.6 Å². The van der Waals surface area contributed by atoms with Gasteiger partial charge in [0.2, 0.25) is 0 Å². The number of methoxy groups -OCH3 is 2. The molecule has 0 aliphatic rings. The Labute approximate surface area is 181 Å². The maximum Gasteiger partial charge on any atom is 0.326 e. The van der Waals surface area contributed by atoms with Gasteiger partial charge in [-0.2, -0.15) is 0 Å². The van der Waals surface area contributed by atoms with E-state index >= 15 is 0 Å². The molecule has 8 nitrogen and oxygen atoms in total. The molecule has 2 rings (SSSR count). The summed E-state index contributed by atoms with van der Waals surface area (Å²) in [5, 5.41) is 0.229. The van der Waals surface area contributed by atoms with E-state index < -0.39 is 22.5 Å². The molecule has 0 heterocycles. The molecule has 0 amide bonds. The van der Waals surface area contributed by atoms with Crippen molar-refractivity contribution in [1.29, 1.82) is 0 Å². The molecule has 30 heavy (non-hydrogen) atoms. The largest absolute Gasteiger partial charge is 0.495 e. The first-order valence-electron chi connectivity index (χ1n) is 9.11. The number of carbonyl (C=O) groups excluding carboxylic acids is 1. The van der Waals surface area contributed by atoms with Gasteiger partial charge in [0, 0.05) is 12.1 Å². The fourth-order valence-electron chi connectivity index (χ4n) is 2.66. The van der Waals surface area contributed by atoms with E-state index in [9.17, 15) is 13.2 Å². The summed E-state index contributed by atoms with van der Waals surface area (Å²) in [7, 11) is -1.41. The number of carbonyl (C=O) groups is 1. The molecular formula is C20H24ClNO7S. The smallest absolute Gasteiger partial charge is 0.326 e. The molecule has 0 fully saturated rings. The van der Waals surface area contributed by atoms with Crippen LogP contribution in [0.15, 0.2) is 41.3 Å². The minimum atomic E-state index is -4.17. The standard InChI is InChI=1S/C20H24ClNO7S/c1-5-28-14-7-9-15(10-8-14)30(24,25)22(13-20(23)29-6-2)17-12-18(26-3)16(21)11-19(17)27-4/h7-12H,5-6,13H2,1-4H3. The average Bonchev–Trinajstić information content (AvgIpc) is 2.72. The number of benzene rings is 2. The number of halogens is 1. The molecule has 0 saturated heterocycles. The maximum absolute atomic E-state index is 13.4. The molecule has 0 atom stereocenters. The Morgan fingerprint density at radius 2 is 1.63 bits per heavy atom. The van der Waals surface area contributed by atoms with Crippen LogP contribution in [0.3, 0.4) is 0 Å². The normalized spacial score (nSPS) is 11.0. The molecule has 10 heteroatoms. The Balaban J connectivity index is 2.61. The third-order valence-corrected chi connectivity index (χ3v) is 6.09. The van der Waals surface area contributed by atoms with Gasteiger partial charge in [0.1, 0.15) is 23.8 Å². The second kappa shape index (κ2) is 10.4. The van der Waals surface area contributed by atoms with Crippen molar-refractivity contribution in [1.82, 2.24) is 0 Å². The number of sulfonamides is 1. The van der Waals surface area contributed by atoms with Gasteiger partial charge < -0.3 is 18.9 Å². The van der Waals surface area contributed by atoms with Crippen molar-refractivity contribution in [2.75, 3.05) is 38.3 Å². The van der Waals surface area contributed by atoms with E-state index in [1.165, 1.54) is 38.5 Å². The zero-order valence-electron chi connectivity index (χ0n) is 17.2. The highest BCUT2D eigenvalue weighted by molar-refractivity contribution is 7.92. The highest BCUT2D eigenvalue weighted by Crippen LogP contribution is 2.40. The van der Waals surface area contributed by atoms with Crippen molar-refractivity contribution in [2.24, 2.45) is 0 Å². The van der Waals surface area contributed by atoms with Crippen LogP contribution in [-0.4, -0.2) is 48.4 Å². The Kier molecular flexibility index (Phi) is 8.19. The van der Waals surface area contributed by atoms with Crippen molar-refractivity contribution in [2.45, 2.75) is 18.7 Å². The van der Waals surface area contributed by atoms with Crippen molar-refractivity contribution < 1.29 is 32.2 Å². The minimum Gasteiger partial charge on any atom is -0.495 e. The number of hydrogen-bond donors (Lipinski definition) is 0. The zero-order valence-corrected chi connectivity index (χ0v) is 18.7. The summed E-state index contributed by atoms with van der Waals surface area (Å²) >= 11 is 6.14. The van der Waals surface area contributed by atoms with Crippen LogP contribution in [0.5, 0.6) is 17.2 Å². The number of ether oxygens (including phenoxy) is 4. The van der Waals surface area contributed by atoms with Crippen LogP contribution in [0.25, 0.3) is 0 Å². The molecule has 0 bridgehead atoms. The zero-order chi connectivity index (χ0) is 22.3. The fraction of sp³-hybridized carbons (Fsp3) is 0.350. The molecule has 2 aromatic rings. The highest BCUT2D eigenvalue weighted by Gasteiger charge is 2.31. The molecule has 164 valence electrons. The number of rotatable bonds is 10. The summed E-state index contributed by atoms with van der Waals surface area (Å²) in [6.07, 6.45) is 0. The number of hydrogen-bond acceptors (Lipinski definition) is 7. The maximum atomic E-state index is 13.4. The van der Waals surface area contributed by atoms with Crippen LogP contribution in [0.4, 0.5) is 5.69 Å². The molecular weight excluding hydrogens is 434 g/mol. The summed E-state index contributed by atoms with van der Waals surface area (Å²) in [5.74, 6) is 0.185. The molecule has 2 aromatic carbocycles. The van der Waals surface area contributed by atoms with Gasteiger partial charge in [0.15, 0.2) is 0 Å². The van der Waals surface area contributed by atoms with Crippen molar-refractivity contribution >= 4 is 33.3 Å². The molecule has 0 aliphatic heterocycles. The van der Waals surface area contributed by atoms with Crippen molar-refractivity contribution in [3.05, 3.63) is 41.4 Å².